The molecule has 1 aliphatic carbocycles. The summed E-state index contributed by atoms with van der Waals surface area (Å²) in [5, 5.41) is 25.3. The van der Waals surface area contributed by atoms with Crippen molar-refractivity contribution in [2.45, 2.75) is 84.2 Å². The number of carboxylic acids is 2. The van der Waals surface area contributed by atoms with Crippen LogP contribution >= 0.6 is 8.25 Å². The molecule has 1 saturated carbocycles. The minimum absolute atomic E-state index is 0. The molecule has 0 heterocycles. The van der Waals surface area contributed by atoms with Gasteiger partial charge in [0.2, 0.25) is 0 Å². The number of rotatable bonds is 11. The van der Waals surface area contributed by atoms with Crippen LogP contribution in [0.3, 0.4) is 0 Å². The van der Waals surface area contributed by atoms with Gasteiger partial charge in [-0.1, -0.05) is 46.5 Å². The third-order valence-corrected chi connectivity index (χ3v) is 5.43. The summed E-state index contributed by atoms with van der Waals surface area (Å²) in [7, 11) is -3.04. The predicted octanol–water partition coefficient (Wildman–Crippen LogP) is 4.13. The summed E-state index contributed by atoms with van der Waals surface area (Å²) in [6, 6.07) is -0.689. The SMILES string of the molecule is CCC[N+](CCC)(CCC)C(CC(=O)O)C(=O)O.O=[P+]([O-])OO.[CH2-]C1CCCCC1[NH-].[HH].[Pt+2]. The molecule has 0 aromatic rings. The van der Waals surface area contributed by atoms with E-state index in [9.17, 15) is 14.7 Å². The van der Waals surface area contributed by atoms with Crippen LogP contribution in [0.4, 0.5) is 0 Å². The summed E-state index contributed by atoms with van der Waals surface area (Å²) in [6.45, 7) is 12.1. The van der Waals surface area contributed by atoms with Crippen LogP contribution in [0.25, 0.3) is 5.73 Å². The first-order chi connectivity index (χ1) is 14.5. The first-order valence-corrected chi connectivity index (χ1v) is 11.9. The van der Waals surface area contributed by atoms with Crippen LogP contribution in [0.2, 0.25) is 0 Å². The van der Waals surface area contributed by atoms with Gasteiger partial charge in [0.25, 0.3) is 0 Å². The van der Waals surface area contributed by atoms with Gasteiger partial charge in [-0.25, -0.2) is 10.1 Å². The maximum absolute atomic E-state index is 11.4. The second-order valence-electron chi connectivity index (χ2n) is 7.80. The van der Waals surface area contributed by atoms with Gasteiger partial charge in [-0.15, -0.1) is 0 Å². The fourth-order valence-electron chi connectivity index (χ4n) is 4.03. The molecule has 4 N–H and O–H groups in total. The van der Waals surface area contributed by atoms with Crippen LogP contribution in [-0.4, -0.2) is 63.6 Å². The van der Waals surface area contributed by atoms with E-state index >= 15 is 0 Å². The van der Waals surface area contributed by atoms with Crippen LogP contribution in [0.5, 0.6) is 0 Å². The van der Waals surface area contributed by atoms with Crippen molar-refractivity contribution in [1.29, 1.82) is 0 Å². The molecule has 0 bridgehead atoms. The number of nitrogens with one attached hydrogen (secondary N) is 1. The minimum atomic E-state index is -3.04. The van der Waals surface area contributed by atoms with Gasteiger partial charge in [-0.05, 0) is 23.8 Å². The Labute approximate surface area is 208 Å². The normalized spacial score (nSPS) is 19.2. The van der Waals surface area contributed by atoms with Crippen molar-refractivity contribution >= 4 is 20.2 Å². The van der Waals surface area contributed by atoms with Gasteiger partial charge < -0.3 is 32.2 Å². The summed E-state index contributed by atoms with van der Waals surface area (Å²) >= 11 is 0. The molecule has 1 fully saturated rings. The zero-order valence-electron chi connectivity index (χ0n) is 19.3. The molecule has 4 atom stereocenters. The number of quaternary nitrogens is 1. The Kier molecular flexibility index (Phi) is 23.8. The Balaban J connectivity index is -0.000000231. The molecule has 0 amide bonds. The smallest absolute Gasteiger partial charge is 0.677 e. The predicted molar refractivity (Wildman–Crippen MR) is 118 cm³/mol. The van der Waals surface area contributed by atoms with E-state index in [4.69, 9.17) is 25.6 Å². The van der Waals surface area contributed by atoms with Crippen molar-refractivity contribution in [1.82, 2.24) is 0 Å². The number of carboxylic acid groups (broad SMARTS) is 2. The summed E-state index contributed by atoms with van der Waals surface area (Å²) in [5.41, 5.74) is 7.42. The van der Waals surface area contributed by atoms with Crippen molar-refractivity contribution < 1.29 is 66.2 Å². The number of aliphatic carboxylic acids is 2. The third kappa shape index (κ3) is 16.2. The Bertz CT molecular complexity index is 507. The maximum Gasteiger partial charge on any atom is 2.00 e. The maximum atomic E-state index is 11.4. The molecule has 0 saturated heterocycles. The third-order valence-electron chi connectivity index (χ3n) is 5.30. The van der Waals surface area contributed by atoms with Crippen molar-refractivity contribution in [3.05, 3.63) is 12.7 Å². The van der Waals surface area contributed by atoms with Crippen molar-refractivity contribution in [2.75, 3.05) is 19.6 Å². The van der Waals surface area contributed by atoms with E-state index < -0.39 is 26.2 Å². The molecule has 10 nitrogen and oxygen atoms in total. The zero-order chi connectivity index (χ0) is 24.4. The summed E-state index contributed by atoms with van der Waals surface area (Å²) in [6.07, 6.45) is 7.09. The minimum Gasteiger partial charge on any atom is -0.677 e. The molecule has 12 heteroatoms. The number of nitrogens with zero attached hydrogens (tertiary/aromatic N) is 1. The Hall–Kier alpha value is -0.472. The Morgan fingerprint density at radius 2 is 1.56 bits per heavy atom. The van der Waals surface area contributed by atoms with Gasteiger partial charge in [-0.3, -0.25) is 4.79 Å². The summed E-state index contributed by atoms with van der Waals surface area (Å²) in [4.78, 5) is 31.3. The second kappa shape index (κ2) is 21.1. The van der Waals surface area contributed by atoms with E-state index in [0.717, 1.165) is 45.3 Å². The average Bonchev–Trinajstić information content (AvgIpc) is 2.69. The molecule has 194 valence electrons. The van der Waals surface area contributed by atoms with E-state index in [0.29, 0.717) is 10.4 Å². The number of carbonyl (C=O) groups is 2. The van der Waals surface area contributed by atoms with Gasteiger partial charge in [0.15, 0.2) is 6.04 Å². The van der Waals surface area contributed by atoms with Gasteiger partial charge in [0, 0.05) is 6.10 Å². The van der Waals surface area contributed by atoms with E-state index in [1.807, 2.05) is 20.8 Å². The van der Waals surface area contributed by atoms with Crippen molar-refractivity contribution in [3.8, 4) is 0 Å². The molecule has 1 rings (SSSR count). The van der Waals surface area contributed by atoms with Crippen LogP contribution in [0.15, 0.2) is 0 Å². The number of hydrogen-bond acceptors (Lipinski definition) is 6. The average molecular weight is 665 g/mol. The zero-order valence-corrected chi connectivity index (χ0v) is 22.5. The fraction of sp³-hybridized carbons (Fsp3) is 0.850. The fourth-order valence-corrected chi connectivity index (χ4v) is 4.03. The standard InChI is InChI=1S/C13H25NO4.C7H13N.HO4P.Pt.H2/c1-4-7-14(8-5-2,9-6-3)11(13(17)18)10-12(15)16;1-6-4-2-3-5-7(6)8;1-4-5(2)3;;/h11H,4-10H2,1-3H3,(H-,15,16,17,18);6-8H,1-5H2;1H;;1H/q;-2;;+2;/p+1. The molecular formula is C20H42N2O8PPt+. The van der Waals surface area contributed by atoms with Gasteiger partial charge >= 0.3 is 41.3 Å². The molecular weight excluding hydrogens is 622 g/mol. The Morgan fingerprint density at radius 1 is 1.16 bits per heavy atom. The molecule has 0 aromatic heterocycles. The van der Waals surface area contributed by atoms with E-state index in [1.54, 1.807) is 0 Å². The number of hydrogen-bond donors (Lipinski definition) is 3. The molecule has 0 aliphatic heterocycles. The Morgan fingerprint density at radius 3 is 1.78 bits per heavy atom. The van der Waals surface area contributed by atoms with Gasteiger partial charge in [0.1, 0.15) is 6.42 Å². The van der Waals surface area contributed by atoms with Crippen LogP contribution < -0.4 is 4.89 Å². The monoisotopic (exact) mass is 664 g/mol. The molecule has 0 radical (unpaired) electrons. The molecule has 1 aliphatic rings. The van der Waals surface area contributed by atoms with Crippen LogP contribution in [0, 0.1) is 12.8 Å². The van der Waals surface area contributed by atoms with Gasteiger partial charge in [-0.2, -0.15) is 12.0 Å². The van der Waals surface area contributed by atoms with Crippen LogP contribution in [0.1, 0.15) is 73.6 Å². The molecule has 4 unspecified atom stereocenters. The topological polar surface area (TPSA) is 168 Å². The molecule has 0 spiro atoms. The second-order valence-corrected chi connectivity index (χ2v) is 8.41. The largest absolute Gasteiger partial charge is 2.00 e. The van der Waals surface area contributed by atoms with E-state index in [2.05, 4.69) is 11.6 Å². The first kappa shape index (κ1) is 36.1. The molecule has 0 aromatic carbocycles. The van der Waals surface area contributed by atoms with E-state index in [1.165, 1.54) is 19.3 Å². The summed E-state index contributed by atoms with van der Waals surface area (Å²) < 4.78 is 12.0. The van der Waals surface area contributed by atoms with Crippen molar-refractivity contribution in [3.63, 3.8) is 0 Å². The van der Waals surface area contributed by atoms with E-state index in [-0.39, 0.29) is 35.0 Å². The quantitative estimate of drug-likeness (QED) is 0.0975. The van der Waals surface area contributed by atoms with Crippen LogP contribution in [-0.2, 0) is 39.9 Å². The van der Waals surface area contributed by atoms with Gasteiger partial charge in [0.05, 0.1) is 19.6 Å². The van der Waals surface area contributed by atoms with Crippen molar-refractivity contribution in [2.24, 2.45) is 5.92 Å². The molecule has 32 heavy (non-hydrogen) atoms. The summed E-state index contributed by atoms with van der Waals surface area (Å²) in [5.74, 6) is -1.61. The first-order valence-electron chi connectivity index (χ1n) is 10.8.